The van der Waals surface area contributed by atoms with Gasteiger partial charge in [0.1, 0.15) is 0 Å². The fraction of sp³-hybridized carbons (Fsp3) is 0.923. The van der Waals surface area contributed by atoms with Crippen molar-refractivity contribution < 1.29 is 4.79 Å². The van der Waals surface area contributed by atoms with E-state index in [0.717, 1.165) is 32.6 Å². The van der Waals surface area contributed by atoms with Crippen LogP contribution in [-0.2, 0) is 4.79 Å². The second kappa shape index (κ2) is 7.66. The van der Waals surface area contributed by atoms with Crippen LogP contribution >= 0.6 is 0 Å². The smallest absolute Gasteiger partial charge is 0.312 e. The molecule has 0 aromatic carbocycles. The zero-order valence-electron chi connectivity index (χ0n) is 10.7. The lowest BCUT2D eigenvalue weighted by Crippen LogP contribution is -2.34. The maximum atomic E-state index is 10.6. The van der Waals surface area contributed by atoms with E-state index in [0.29, 0.717) is 5.92 Å². The first-order valence-corrected chi connectivity index (χ1v) is 6.65. The molecule has 16 heavy (non-hydrogen) atoms. The van der Waals surface area contributed by atoms with Crippen molar-refractivity contribution in [3.8, 4) is 0 Å². The third-order valence-electron chi connectivity index (χ3n) is 3.63. The predicted molar refractivity (Wildman–Crippen MR) is 67.0 cm³/mol. The van der Waals surface area contributed by atoms with E-state index in [1.165, 1.54) is 25.8 Å². The summed E-state index contributed by atoms with van der Waals surface area (Å²) < 4.78 is 0. The van der Waals surface area contributed by atoms with Gasteiger partial charge in [0.15, 0.2) is 0 Å². The molecule has 1 aliphatic rings. The van der Waals surface area contributed by atoms with E-state index in [-0.39, 0.29) is 0 Å². The average Bonchev–Trinajstić information content (AvgIpc) is 2.35. The van der Waals surface area contributed by atoms with Crippen LogP contribution in [0.25, 0.3) is 0 Å². The molecule has 0 bridgehead atoms. The SMILES string of the molecule is CCN(CC)CCCC1CCCN([C]=O)C1. The molecule has 0 aliphatic carbocycles. The molecule has 0 N–H and O–H groups in total. The monoisotopic (exact) mass is 225 g/mol. The molecule has 1 amide bonds. The third-order valence-corrected chi connectivity index (χ3v) is 3.63. The minimum absolute atomic E-state index is 0.714. The number of rotatable bonds is 7. The normalized spacial score (nSPS) is 21.4. The molecule has 1 saturated heterocycles. The van der Waals surface area contributed by atoms with Crippen molar-refractivity contribution in [3.05, 3.63) is 0 Å². The van der Waals surface area contributed by atoms with Gasteiger partial charge in [0.25, 0.3) is 0 Å². The van der Waals surface area contributed by atoms with Gasteiger partial charge >= 0.3 is 6.41 Å². The molecule has 1 radical (unpaired) electrons. The van der Waals surface area contributed by atoms with Gasteiger partial charge in [-0.25, -0.2) is 0 Å². The molecule has 0 saturated carbocycles. The highest BCUT2D eigenvalue weighted by Crippen LogP contribution is 2.20. The van der Waals surface area contributed by atoms with Crippen molar-refractivity contribution in [1.29, 1.82) is 0 Å². The van der Waals surface area contributed by atoms with Gasteiger partial charge in [-0.15, -0.1) is 0 Å². The zero-order chi connectivity index (χ0) is 11.8. The van der Waals surface area contributed by atoms with Crippen LogP contribution in [0.5, 0.6) is 0 Å². The number of amides is 1. The summed E-state index contributed by atoms with van der Waals surface area (Å²) in [7, 11) is 0. The van der Waals surface area contributed by atoms with Crippen LogP contribution in [0.4, 0.5) is 0 Å². The standard InChI is InChI=1S/C13H25N2O/c1-3-14(4-2)9-5-7-13-8-6-10-15(11-13)12-16/h13H,3-11H2,1-2H3. The molecule has 3 heteroatoms. The Morgan fingerprint density at radius 1 is 1.38 bits per heavy atom. The van der Waals surface area contributed by atoms with Crippen LogP contribution < -0.4 is 0 Å². The molecule has 1 heterocycles. The molecule has 1 fully saturated rings. The molecule has 0 aromatic rings. The van der Waals surface area contributed by atoms with Gasteiger partial charge < -0.3 is 9.80 Å². The van der Waals surface area contributed by atoms with Crippen molar-refractivity contribution in [3.63, 3.8) is 0 Å². The fourth-order valence-electron chi connectivity index (χ4n) is 2.53. The van der Waals surface area contributed by atoms with Gasteiger partial charge in [0.2, 0.25) is 0 Å². The van der Waals surface area contributed by atoms with Gasteiger partial charge in [-0.2, -0.15) is 0 Å². The molecular weight excluding hydrogens is 200 g/mol. The number of carbonyl (C=O) groups excluding carboxylic acids is 1. The minimum atomic E-state index is 0.714. The fourth-order valence-corrected chi connectivity index (χ4v) is 2.53. The molecular formula is C13H25N2O. The van der Waals surface area contributed by atoms with Gasteiger partial charge in [-0.05, 0) is 51.2 Å². The lowest BCUT2D eigenvalue weighted by Gasteiger charge is -2.29. The average molecular weight is 225 g/mol. The maximum absolute atomic E-state index is 10.6. The second-order valence-corrected chi connectivity index (χ2v) is 4.71. The lowest BCUT2D eigenvalue weighted by molar-refractivity contribution is 0.222. The molecule has 3 nitrogen and oxygen atoms in total. The van der Waals surface area contributed by atoms with E-state index >= 15 is 0 Å². The predicted octanol–water partition coefficient (Wildman–Crippen LogP) is 1.89. The Bertz CT molecular complexity index is 192. The summed E-state index contributed by atoms with van der Waals surface area (Å²) in [6.07, 6.45) is 7.00. The van der Waals surface area contributed by atoms with E-state index in [1.807, 2.05) is 11.3 Å². The largest absolute Gasteiger partial charge is 0.334 e. The Labute approximate surface area is 99.8 Å². The van der Waals surface area contributed by atoms with Gasteiger partial charge in [0.05, 0.1) is 0 Å². The van der Waals surface area contributed by atoms with E-state index in [2.05, 4.69) is 18.7 Å². The van der Waals surface area contributed by atoms with Crippen LogP contribution in [0.15, 0.2) is 0 Å². The number of hydrogen-bond donors (Lipinski definition) is 0. The lowest BCUT2D eigenvalue weighted by atomic mass is 9.93. The zero-order valence-corrected chi connectivity index (χ0v) is 10.7. The highest BCUT2D eigenvalue weighted by Gasteiger charge is 2.18. The summed E-state index contributed by atoms with van der Waals surface area (Å²) in [6, 6.07) is 0. The summed E-state index contributed by atoms with van der Waals surface area (Å²) in [5.74, 6) is 0.714. The highest BCUT2D eigenvalue weighted by molar-refractivity contribution is 5.48. The van der Waals surface area contributed by atoms with Crippen LogP contribution in [0.3, 0.4) is 0 Å². The summed E-state index contributed by atoms with van der Waals surface area (Å²) in [5.41, 5.74) is 0. The van der Waals surface area contributed by atoms with E-state index < -0.39 is 0 Å². The first-order valence-electron chi connectivity index (χ1n) is 6.65. The van der Waals surface area contributed by atoms with Gasteiger partial charge in [-0.1, -0.05) is 13.8 Å². The van der Waals surface area contributed by atoms with Crippen molar-refractivity contribution in [2.24, 2.45) is 5.92 Å². The maximum Gasteiger partial charge on any atom is 0.312 e. The topological polar surface area (TPSA) is 23.6 Å². The van der Waals surface area contributed by atoms with Crippen LogP contribution in [0.2, 0.25) is 0 Å². The van der Waals surface area contributed by atoms with Gasteiger partial charge in [-0.3, -0.25) is 4.79 Å². The Morgan fingerprint density at radius 3 is 2.75 bits per heavy atom. The van der Waals surface area contributed by atoms with E-state index in [1.54, 1.807) is 0 Å². The number of hydrogen-bond acceptors (Lipinski definition) is 2. The van der Waals surface area contributed by atoms with E-state index in [4.69, 9.17) is 0 Å². The Hall–Kier alpha value is -0.570. The first-order chi connectivity index (χ1) is 7.80. The highest BCUT2D eigenvalue weighted by atomic mass is 16.1. The molecule has 0 spiro atoms. The first kappa shape index (κ1) is 13.5. The van der Waals surface area contributed by atoms with Crippen molar-refractivity contribution in [1.82, 2.24) is 9.80 Å². The molecule has 1 aliphatic heterocycles. The minimum Gasteiger partial charge on any atom is -0.334 e. The third kappa shape index (κ3) is 4.52. The summed E-state index contributed by atoms with van der Waals surface area (Å²) >= 11 is 0. The van der Waals surface area contributed by atoms with Crippen molar-refractivity contribution >= 4 is 6.41 Å². The molecule has 1 rings (SSSR count). The van der Waals surface area contributed by atoms with Crippen molar-refractivity contribution in [2.75, 3.05) is 32.7 Å². The van der Waals surface area contributed by atoms with Crippen LogP contribution in [-0.4, -0.2) is 48.9 Å². The summed E-state index contributed by atoms with van der Waals surface area (Å²) in [6.45, 7) is 9.78. The number of nitrogens with zero attached hydrogens (tertiary/aromatic N) is 2. The quantitative estimate of drug-likeness (QED) is 0.660. The Morgan fingerprint density at radius 2 is 2.12 bits per heavy atom. The summed E-state index contributed by atoms with van der Waals surface area (Å²) in [5, 5.41) is 0. The number of piperidine rings is 1. The Balaban J connectivity index is 2.14. The molecule has 1 atom stereocenters. The van der Waals surface area contributed by atoms with Gasteiger partial charge in [0, 0.05) is 13.1 Å². The summed E-state index contributed by atoms with van der Waals surface area (Å²) in [4.78, 5) is 14.8. The Kier molecular flexibility index (Phi) is 6.46. The molecule has 0 aromatic heterocycles. The van der Waals surface area contributed by atoms with Crippen LogP contribution in [0.1, 0.15) is 39.5 Å². The molecule has 93 valence electrons. The van der Waals surface area contributed by atoms with E-state index in [9.17, 15) is 4.79 Å². The molecule has 1 unspecified atom stereocenters. The van der Waals surface area contributed by atoms with Crippen LogP contribution in [0, 0.1) is 5.92 Å². The van der Waals surface area contributed by atoms with Crippen molar-refractivity contribution in [2.45, 2.75) is 39.5 Å². The second-order valence-electron chi connectivity index (χ2n) is 4.71. The number of likely N-dealkylation sites (tertiary alicyclic amines) is 1.